The number of aromatic nitrogens is 1. The van der Waals surface area contributed by atoms with Crippen LogP contribution in [0, 0.1) is 10.1 Å². The van der Waals surface area contributed by atoms with E-state index in [0.29, 0.717) is 5.82 Å². The van der Waals surface area contributed by atoms with Crippen LogP contribution in [0.3, 0.4) is 0 Å². The molecule has 0 aliphatic heterocycles. The molecule has 0 saturated heterocycles. The van der Waals surface area contributed by atoms with Gasteiger partial charge in [-0.25, -0.2) is 4.98 Å². The Morgan fingerprint density at radius 1 is 1.53 bits per heavy atom. The zero-order valence-corrected chi connectivity index (χ0v) is 8.97. The molecule has 2 N–H and O–H groups in total. The predicted molar refractivity (Wildman–Crippen MR) is 58.8 cm³/mol. The van der Waals surface area contributed by atoms with E-state index >= 15 is 0 Å². The van der Waals surface area contributed by atoms with Crippen molar-refractivity contribution in [2.45, 2.75) is 19.9 Å². The van der Waals surface area contributed by atoms with E-state index in [9.17, 15) is 10.1 Å². The van der Waals surface area contributed by atoms with E-state index in [0.717, 1.165) is 0 Å². The second kappa shape index (κ2) is 4.12. The van der Waals surface area contributed by atoms with E-state index in [1.54, 1.807) is 11.9 Å². The van der Waals surface area contributed by atoms with Gasteiger partial charge < -0.3 is 10.6 Å². The molecule has 0 saturated carbocycles. The van der Waals surface area contributed by atoms with Crippen LogP contribution in [0.25, 0.3) is 0 Å². The highest BCUT2D eigenvalue weighted by molar-refractivity contribution is 5.60. The second-order valence-electron chi connectivity index (χ2n) is 3.54. The summed E-state index contributed by atoms with van der Waals surface area (Å²) >= 11 is 0. The molecule has 1 heterocycles. The van der Waals surface area contributed by atoms with Gasteiger partial charge in [0.1, 0.15) is 5.82 Å². The Morgan fingerprint density at radius 2 is 2.13 bits per heavy atom. The zero-order valence-electron chi connectivity index (χ0n) is 8.97. The molecule has 0 amide bonds. The van der Waals surface area contributed by atoms with Crippen LogP contribution >= 0.6 is 0 Å². The third-order valence-corrected chi connectivity index (χ3v) is 2.18. The number of nitrogen functional groups attached to an aromatic ring is 1. The maximum absolute atomic E-state index is 10.8. The third-order valence-electron chi connectivity index (χ3n) is 2.18. The summed E-state index contributed by atoms with van der Waals surface area (Å²) in [6.45, 7) is 3.85. The molecule has 82 valence electrons. The molecule has 1 rings (SSSR count). The van der Waals surface area contributed by atoms with Crippen LogP contribution < -0.4 is 10.6 Å². The maximum atomic E-state index is 10.8. The molecule has 0 fully saturated rings. The number of nitrogens with zero attached hydrogens (tertiary/aromatic N) is 3. The molecule has 0 radical (unpaired) electrons. The smallest absolute Gasteiger partial charge is 0.311 e. The van der Waals surface area contributed by atoms with Gasteiger partial charge in [0, 0.05) is 19.2 Å². The van der Waals surface area contributed by atoms with Crippen LogP contribution in [0.5, 0.6) is 0 Å². The maximum Gasteiger partial charge on any atom is 0.311 e. The second-order valence-corrected chi connectivity index (χ2v) is 3.54. The molecule has 1 aromatic heterocycles. The molecule has 0 aliphatic rings. The Balaban J connectivity index is 3.24. The minimum Gasteiger partial charge on any atom is -0.384 e. The van der Waals surface area contributed by atoms with E-state index in [1.807, 2.05) is 13.8 Å². The van der Waals surface area contributed by atoms with Gasteiger partial charge in [-0.3, -0.25) is 10.1 Å². The Morgan fingerprint density at radius 3 is 2.60 bits per heavy atom. The summed E-state index contributed by atoms with van der Waals surface area (Å²) in [5.74, 6) is 0.582. The van der Waals surface area contributed by atoms with Gasteiger partial charge in [0.2, 0.25) is 5.82 Å². The molecule has 0 unspecified atom stereocenters. The molecule has 1 aromatic rings. The van der Waals surface area contributed by atoms with Gasteiger partial charge in [-0.05, 0) is 19.9 Å². The number of hydrogen-bond donors (Lipinski definition) is 1. The molecular weight excluding hydrogens is 196 g/mol. The van der Waals surface area contributed by atoms with Gasteiger partial charge >= 0.3 is 5.69 Å². The standard InChI is InChI=1S/C9H14N4O2/c1-6(2)12(3)9-7(13(14)15)4-5-8(10)11-9/h4-6H,1-3H3,(H2,10,11). The highest BCUT2D eigenvalue weighted by Crippen LogP contribution is 2.26. The highest BCUT2D eigenvalue weighted by atomic mass is 16.6. The van der Waals surface area contributed by atoms with Crippen LogP contribution in [0.2, 0.25) is 0 Å². The van der Waals surface area contributed by atoms with Gasteiger partial charge in [-0.2, -0.15) is 0 Å². The Labute approximate surface area is 87.9 Å². The van der Waals surface area contributed by atoms with E-state index in [1.165, 1.54) is 12.1 Å². The van der Waals surface area contributed by atoms with Crippen molar-refractivity contribution in [3.05, 3.63) is 22.2 Å². The summed E-state index contributed by atoms with van der Waals surface area (Å²) in [5, 5.41) is 10.8. The van der Waals surface area contributed by atoms with Crippen LogP contribution in [0.1, 0.15) is 13.8 Å². The van der Waals surface area contributed by atoms with E-state index in [-0.39, 0.29) is 17.5 Å². The number of hydrogen-bond acceptors (Lipinski definition) is 5. The van der Waals surface area contributed by atoms with E-state index in [2.05, 4.69) is 4.98 Å². The first-order valence-corrected chi connectivity index (χ1v) is 4.57. The lowest BCUT2D eigenvalue weighted by atomic mass is 10.3. The third kappa shape index (κ3) is 2.34. The van der Waals surface area contributed by atoms with Gasteiger partial charge in [0.15, 0.2) is 0 Å². The quantitative estimate of drug-likeness (QED) is 0.602. The fourth-order valence-electron chi connectivity index (χ4n) is 1.10. The SMILES string of the molecule is CC(C)N(C)c1nc(N)ccc1[N+](=O)[O-]. The molecule has 0 spiro atoms. The van der Waals surface area contributed by atoms with Gasteiger partial charge in [0.25, 0.3) is 0 Å². The van der Waals surface area contributed by atoms with Crippen molar-refractivity contribution in [3.63, 3.8) is 0 Å². The Kier molecular flexibility index (Phi) is 3.08. The predicted octanol–water partition coefficient (Wildman–Crippen LogP) is 1.42. The minimum atomic E-state index is -0.458. The van der Waals surface area contributed by atoms with Crippen molar-refractivity contribution in [1.82, 2.24) is 4.98 Å². The molecule has 0 aromatic carbocycles. The molecule has 6 heteroatoms. The van der Waals surface area contributed by atoms with Gasteiger partial charge in [-0.15, -0.1) is 0 Å². The summed E-state index contributed by atoms with van der Waals surface area (Å²) in [7, 11) is 1.75. The number of pyridine rings is 1. The summed E-state index contributed by atoms with van der Waals surface area (Å²) in [6, 6.07) is 2.92. The molecule has 0 bridgehead atoms. The fraction of sp³-hybridized carbons (Fsp3) is 0.444. The monoisotopic (exact) mass is 210 g/mol. The minimum absolute atomic E-state index is 0.0274. The number of nitro groups is 1. The molecule has 6 nitrogen and oxygen atoms in total. The van der Waals surface area contributed by atoms with Crippen molar-refractivity contribution in [3.8, 4) is 0 Å². The summed E-state index contributed by atoms with van der Waals surface area (Å²) < 4.78 is 0. The molecule has 0 aliphatic carbocycles. The normalized spacial score (nSPS) is 10.4. The summed E-state index contributed by atoms with van der Waals surface area (Å²) in [5.41, 5.74) is 5.48. The van der Waals surface area contributed by atoms with Crippen molar-refractivity contribution < 1.29 is 4.92 Å². The van der Waals surface area contributed by atoms with Crippen LogP contribution in [-0.4, -0.2) is 23.0 Å². The van der Waals surface area contributed by atoms with Crippen molar-refractivity contribution >= 4 is 17.3 Å². The summed E-state index contributed by atoms with van der Waals surface area (Å²) in [4.78, 5) is 16.0. The van der Waals surface area contributed by atoms with E-state index < -0.39 is 4.92 Å². The van der Waals surface area contributed by atoms with Crippen LogP contribution in [0.4, 0.5) is 17.3 Å². The highest BCUT2D eigenvalue weighted by Gasteiger charge is 2.20. The van der Waals surface area contributed by atoms with Crippen LogP contribution in [-0.2, 0) is 0 Å². The largest absolute Gasteiger partial charge is 0.384 e. The molecule has 15 heavy (non-hydrogen) atoms. The first-order chi connectivity index (χ1) is 6.93. The number of rotatable bonds is 3. The summed E-state index contributed by atoms with van der Waals surface area (Å²) in [6.07, 6.45) is 0. The molecular formula is C9H14N4O2. The number of nitrogens with two attached hydrogens (primary N) is 1. The average molecular weight is 210 g/mol. The lowest BCUT2D eigenvalue weighted by Gasteiger charge is -2.22. The van der Waals surface area contributed by atoms with Crippen molar-refractivity contribution in [2.75, 3.05) is 17.7 Å². The van der Waals surface area contributed by atoms with Crippen molar-refractivity contribution in [1.29, 1.82) is 0 Å². The Hall–Kier alpha value is -1.85. The van der Waals surface area contributed by atoms with Crippen LogP contribution in [0.15, 0.2) is 12.1 Å². The van der Waals surface area contributed by atoms with Gasteiger partial charge in [0.05, 0.1) is 4.92 Å². The van der Waals surface area contributed by atoms with E-state index in [4.69, 9.17) is 5.73 Å². The lowest BCUT2D eigenvalue weighted by molar-refractivity contribution is -0.384. The zero-order chi connectivity index (χ0) is 11.6. The Bertz CT molecular complexity index is 378. The molecule has 0 atom stereocenters. The lowest BCUT2D eigenvalue weighted by Crippen LogP contribution is -2.27. The number of anilines is 2. The fourth-order valence-corrected chi connectivity index (χ4v) is 1.10. The topological polar surface area (TPSA) is 85.3 Å². The first kappa shape index (κ1) is 11.2. The van der Waals surface area contributed by atoms with Gasteiger partial charge in [-0.1, -0.05) is 0 Å². The average Bonchev–Trinajstić information content (AvgIpc) is 2.15. The first-order valence-electron chi connectivity index (χ1n) is 4.57. The van der Waals surface area contributed by atoms with Crippen molar-refractivity contribution in [2.24, 2.45) is 0 Å².